The van der Waals surface area contributed by atoms with Crippen molar-refractivity contribution in [2.45, 2.75) is 26.4 Å². The number of pyridine rings is 1. The summed E-state index contributed by atoms with van der Waals surface area (Å²) >= 11 is 0. The number of aryl methyl sites for hydroxylation is 1. The summed E-state index contributed by atoms with van der Waals surface area (Å²) < 4.78 is 5.56. The summed E-state index contributed by atoms with van der Waals surface area (Å²) in [5, 5.41) is 0. The van der Waals surface area contributed by atoms with Crippen molar-refractivity contribution in [3.63, 3.8) is 0 Å². The average Bonchev–Trinajstić information content (AvgIpc) is 2.75. The van der Waals surface area contributed by atoms with Crippen molar-refractivity contribution in [3.05, 3.63) is 47.5 Å². The highest BCUT2D eigenvalue weighted by atomic mass is 16.3. The summed E-state index contributed by atoms with van der Waals surface area (Å²) in [5.74, 6) is 2.76. The van der Waals surface area contributed by atoms with Gasteiger partial charge < -0.3 is 15.1 Å². The Labute approximate surface area is 107 Å². The van der Waals surface area contributed by atoms with Crippen LogP contribution in [0.1, 0.15) is 30.0 Å². The number of anilines is 1. The Morgan fingerprint density at radius 2 is 2.17 bits per heavy atom. The third-order valence-corrected chi connectivity index (χ3v) is 2.88. The average molecular weight is 245 g/mol. The molecule has 0 spiro atoms. The molecule has 2 aromatic heterocycles. The normalized spacial score (nSPS) is 12.4. The van der Waals surface area contributed by atoms with Gasteiger partial charge in [0.05, 0.1) is 6.54 Å². The van der Waals surface area contributed by atoms with Crippen LogP contribution in [0.2, 0.25) is 0 Å². The molecule has 2 N–H and O–H groups in total. The second kappa shape index (κ2) is 5.23. The maximum Gasteiger partial charge on any atom is 0.128 e. The summed E-state index contributed by atoms with van der Waals surface area (Å²) in [5.41, 5.74) is 6.96. The lowest BCUT2D eigenvalue weighted by molar-refractivity contribution is 0.481. The summed E-state index contributed by atoms with van der Waals surface area (Å²) in [6.07, 6.45) is 1.79. The second-order valence-corrected chi connectivity index (χ2v) is 4.60. The highest BCUT2D eigenvalue weighted by Crippen LogP contribution is 2.18. The zero-order valence-electron chi connectivity index (χ0n) is 11.1. The molecule has 2 aromatic rings. The highest BCUT2D eigenvalue weighted by Gasteiger charge is 2.08. The SMILES string of the molecule is Cc1ccc(CN(C)c2cc(C(C)N)ccn2)o1. The molecule has 0 aliphatic rings. The lowest BCUT2D eigenvalue weighted by Gasteiger charge is -2.18. The highest BCUT2D eigenvalue weighted by molar-refractivity contribution is 5.41. The van der Waals surface area contributed by atoms with Gasteiger partial charge in [-0.2, -0.15) is 0 Å². The first-order valence-corrected chi connectivity index (χ1v) is 6.04. The molecule has 0 saturated heterocycles. The Hall–Kier alpha value is -1.81. The number of nitrogens with two attached hydrogens (primary N) is 1. The van der Waals surface area contributed by atoms with Gasteiger partial charge in [-0.25, -0.2) is 4.98 Å². The Kier molecular flexibility index (Phi) is 3.67. The van der Waals surface area contributed by atoms with Crippen molar-refractivity contribution in [2.75, 3.05) is 11.9 Å². The fourth-order valence-electron chi connectivity index (χ4n) is 1.81. The minimum Gasteiger partial charge on any atom is -0.464 e. The molecule has 18 heavy (non-hydrogen) atoms. The van der Waals surface area contributed by atoms with Crippen LogP contribution in [0.4, 0.5) is 5.82 Å². The minimum absolute atomic E-state index is 0.0195. The van der Waals surface area contributed by atoms with Crippen LogP contribution < -0.4 is 10.6 Å². The van der Waals surface area contributed by atoms with Crippen LogP contribution in [0, 0.1) is 6.92 Å². The monoisotopic (exact) mass is 245 g/mol. The molecule has 2 heterocycles. The Balaban J connectivity index is 2.13. The molecule has 1 unspecified atom stereocenters. The number of furan rings is 1. The van der Waals surface area contributed by atoms with E-state index in [-0.39, 0.29) is 6.04 Å². The van der Waals surface area contributed by atoms with Crippen LogP contribution in [0.25, 0.3) is 0 Å². The van der Waals surface area contributed by atoms with E-state index in [1.807, 2.05) is 50.1 Å². The third kappa shape index (κ3) is 2.90. The van der Waals surface area contributed by atoms with E-state index in [9.17, 15) is 0 Å². The van der Waals surface area contributed by atoms with Crippen LogP contribution in [0.3, 0.4) is 0 Å². The third-order valence-electron chi connectivity index (χ3n) is 2.88. The van der Waals surface area contributed by atoms with Gasteiger partial charge in [0.25, 0.3) is 0 Å². The molecule has 4 heteroatoms. The van der Waals surface area contributed by atoms with Crippen molar-refractivity contribution in [1.82, 2.24) is 4.98 Å². The molecular weight excluding hydrogens is 226 g/mol. The van der Waals surface area contributed by atoms with Gasteiger partial charge in [-0.15, -0.1) is 0 Å². The fraction of sp³-hybridized carbons (Fsp3) is 0.357. The van der Waals surface area contributed by atoms with Crippen molar-refractivity contribution in [2.24, 2.45) is 5.73 Å². The van der Waals surface area contributed by atoms with Gasteiger partial charge >= 0.3 is 0 Å². The molecule has 0 fully saturated rings. The molecule has 0 aromatic carbocycles. The molecule has 0 aliphatic heterocycles. The number of hydrogen-bond donors (Lipinski definition) is 1. The molecular formula is C14H19N3O. The molecule has 96 valence electrons. The minimum atomic E-state index is 0.0195. The maximum atomic E-state index is 5.87. The van der Waals surface area contributed by atoms with Crippen LogP contribution in [0.5, 0.6) is 0 Å². The van der Waals surface area contributed by atoms with E-state index < -0.39 is 0 Å². The fourth-order valence-corrected chi connectivity index (χ4v) is 1.81. The van der Waals surface area contributed by atoms with Crippen LogP contribution in [-0.2, 0) is 6.54 Å². The van der Waals surface area contributed by atoms with E-state index in [0.717, 1.165) is 22.9 Å². The van der Waals surface area contributed by atoms with E-state index in [2.05, 4.69) is 4.98 Å². The van der Waals surface area contributed by atoms with Crippen LogP contribution in [-0.4, -0.2) is 12.0 Å². The van der Waals surface area contributed by atoms with E-state index >= 15 is 0 Å². The van der Waals surface area contributed by atoms with Gasteiger partial charge in [-0.1, -0.05) is 0 Å². The topological polar surface area (TPSA) is 55.3 Å². The number of aromatic nitrogens is 1. The standard InChI is InChI=1S/C14H19N3O/c1-10-4-5-13(18-10)9-17(3)14-8-12(11(2)15)6-7-16-14/h4-8,11H,9,15H2,1-3H3. The van der Waals surface area contributed by atoms with Crippen molar-refractivity contribution in [3.8, 4) is 0 Å². The summed E-state index contributed by atoms with van der Waals surface area (Å²) in [6, 6.07) is 7.93. The zero-order valence-corrected chi connectivity index (χ0v) is 11.1. The van der Waals surface area contributed by atoms with Gasteiger partial charge in [0.15, 0.2) is 0 Å². The first kappa shape index (κ1) is 12.6. The Morgan fingerprint density at radius 1 is 1.39 bits per heavy atom. The predicted molar refractivity (Wildman–Crippen MR) is 72.4 cm³/mol. The smallest absolute Gasteiger partial charge is 0.128 e. The summed E-state index contributed by atoms with van der Waals surface area (Å²) in [4.78, 5) is 6.40. The first-order valence-electron chi connectivity index (χ1n) is 6.04. The van der Waals surface area contributed by atoms with E-state index in [4.69, 9.17) is 10.2 Å². The van der Waals surface area contributed by atoms with Gasteiger partial charge in [0.2, 0.25) is 0 Å². The van der Waals surface area contributed by atoms with Crippen LogP contribution in [0.15, 0.2) is 34.9 Å². The first-order chi connectivity index (χ1) is 8.56. The molecule has 4 nitrogen and oxygen atoms in total. The number of rotatable bonds is 4. The van der Waals surface area contributed by atoms with E-state index in [0.29, 0.717) is 6.54 Å². The lowest BCUT2D eigenvalue weighted by Crippen LogP contribution is -2.18. The molecule has 0 amide bonds. The summed E-state index contributed by atoms with van der Waals surface area (Å²) in [6.45, 7) is 4.61. The largest absolute Gasteiger partial charge is 0.464 e. The second-order valence-electron chi connectivity index (χ2n) is 4.60. The lowest BCUT2D eigenvalue weighted by atomic mass is 10.1. The maximum absolute atomic E-state index is 5.87. The van der Waals surface area contributed by atoms with Gasteiger partial charge in [-0.05, 0) is 43.7 Å². The quantitative estimate of drug-likeness (QED) is 0.899. The van der Waals surface area contributed by atoms with Gasteiger partial charge in [-0.3, -0.25) is 0 Å². The van der Waals surface area contributed by atoms with E-state index in [1.165, 1.54) is 0 Å². The Morgan fingerprint density at radius 3 is 2.78 bits per heavy atom. The van der Waals surface area contributed by atoms with Gasteiger partial charge in [0.1, 0.15) is 17.3 Å². The molecule has 0 bridgehead atoms. The van der Waals surface area contributed by atoms with Crippen LogP contribution >= 0.6 is 0 Å². The van der Waals surface area contributed by atoms with E-state index in [1.54, 1.807) is 6.20 Å². The molecule has 0 saturated carbocycles. The summed E-state index contributed by atoms with van der Waals surface area (Å²) in [7, 11) is 1.99. The predicted octanol–water partition coefficient (Wildman–Crippen LogP) is 2.64. The molecule has 1 atom stereocenters. The van der Waals surface area contributed by atoms with Gasteiger partial charge in [0, 0.05) is 19.3 Å². The molecule has 0 radical (unpaired) electrons. The zero-order chi connectivity index (χ0) is 13.1. The molecule has 0 aliphatic carbocycles. The molecule has 2 rings (SSSR count). The van der Waals surface area contributed by atoms with Crippen molar-refractivity contribution >= 4 is 5.82 Å². The number of nitrogens with zero attached hydrogens (tertiary/aromatic N) is 2. The van der Waals surface area contributed by atoms with Crippen molar-refractivity contribution in [1.29, 1.82) is 0 Å². The Bertz CT molecular complexity index is 519. The number of hydrogen-bond acceptors (Lipinski definition) is 4. The van der Waals surface area contributed by atoms with Crippen molar-refractivity contribution < 1.29 is 4.42 Å².